The van der Waals surface area contributed by atoms with Crippen LogP contribution >= 0.6 is 0 Å². The van der Waals surface area contributed by atoms with E-state index >= 15 is 0 Å². The van der Waals surface area contributed by atoms with E-state index in [0.717, 1.165) is 78.6 Å². The van der Waals surface area contributed by atoms with Crippen LogP contribution in [0.15, 0.2) is 72.8 Å². The van der Waals surface area contributed by atoms with Crippen molar-refractivity contribution >= 4 is 11.0 Å². The number of imidazole rings is 1. The Kier molecular flexibility index (Phi) is 10.6. The zero-order chi connectivity index (χ0) is 24.9. The van der Waals surface area contributed by atoms with E-state index in [9.17, 15) is 0 Å². The average Bonchev–Trinajstić information content (AvgIpc) is 3.27. The van der Waals surface area contributed by atoms with Crippen molar-refractivity contribution in [3.8, 4) is 28.6 Å². The number of ether oxygens (including phenoxy) is 2. The molecule has 0 fully saturated rings. The molecule has 0 unspecified atom stereocenters. The van der Waals surface area contributed by atoms with Crippen molar-refractivity contribution in [3.05, 3.63) is 72.8 Å². The second kappa shape index (κ2) is 14.2. The fourth-order valence-corrected chi connectivity index (χ4v) is 3.82. The summed E-state index contributed by atoms with van der Waals surface area (Å²) in [6.45, 7) is 11.9. The molecule has 0 saturated carbocycles. The molecule has 1 N–H and O–H groups in total. The largest absolute Gasteiger partial charge is 0.493 e. The van der Waals surface area contributed by atoms with Crippen LogP contribution in [0.5, 0.6) is 17.2 Å². The van der Waals surface area contributed by atoms with Crippen LogP contribution in [0.2, 0.25) is 0 Å². The number of fused-ring (bicyclic) bond motifs is 1. The molecule has 3 aromatic carbocycles. The van der Waals surface area contributed by atoms with Gasteiger partial charge in [-0.1, -0.05) is 52.3 Å². The number of nitrogens with zero attached hydrogens (tertiary/aromatic N) is 2. The summed E-state index contributed by atoms with van der Waals surface area (Å²) in [5.41, 5.74) is 3.19. The van der Waals surface area contributed by atoms with Gasteiger partial charge in [-0.15, -0.1) is 0 Å². The maximum Gasteiger partial charge on any atom is 0.141 e. The van der Waals surface area contributed by atoms with Gasteiger partial charge in [0.25, 0.3) is 0 Å². The van der Waals surface area contributed by atoms with E-state index in [4.69, 9.17) is 14.5 Å². The Morgan fingerprint density at radius 1 is 0.829 bits per heavy atom. The molecule has 0 saturated heterocycles. The lowest BCUT2D eigenvalue weighted by Gasteiger charge is -2.11. The van der Waals surface area contributed by atoms with Crippen molar-refractivity contribution in [2.75, 3.05) is 19.7 Å². The molecule has 5 nitrogen and oxygen atoms in total. The second-order valence-electron chi connectivity index (χ2n) is 8.09. The molecule has 186 valence electrons. The summed E-state index contributed by atoms with van der Waals surface area (Å²) in [5.74, 6) is 3.52. The summed E-state index contributed by atoms with van der Waals surface area (Å²) in [5, 5.41) is 3.33. The predicted octanol–water partition coefficient (Wildman–Crippen LogP) is 7.70. The van der Waals surface area contributed by atoms with Gasteiger partial charge in [0.15, 0.2) is 0 Å². The predicted molar refractivity (Wildman–Crippen MR) is 147 cm³/mol. The molecule has 0 radical (unpaired) electrons. The zero-order valence-corrected chi connectivity index (χ0v) is 21.6. The van der Waals surface area contributed by atoms with E-state index in [1.54, 1.807) is 0 Å². The number of hydrogen-bond donors (Lipinski definition) is 1. The van der Waals surface area contributed by atoms with Crippen LogP contribution in [0.3, 0.4) is 0 Å². The van der Waals surface area contributed by atoms with Crippen molar-refractivity contribution in [2.45, 2.75) is 53.5 Å². The van der Waals surface area contributed by atoms with Crippen molar-refractivity contribution in [1.29, 1.82) is 0 Å². The van der Waals surface area contributed by atoms with Crippen LogP contribution in [0.4, 0.5) is 0 Å². The first-order valence-corrected chi connectivity index (χ1v) is 13.0. The van der Waals surface area contributed by atoms with Crippen LogP contribution in [0.1, 0.15) is 47.0 Å². The topological polar surface area (TPSA) is 48.3 Å². The Morgan fingerprint density at radius 3 is 2.26 bits per heavy atom. The van der Waals surface area contributed by atoms with Gasteiger partial charge in [0.1, 0.15) is 23.1 Å². The molecule has 0 aliphatic rings. The number of aromatic nitrogens is 2. The van der Waals surface area contributed by atoms with Crippen LogP contribution < -0.4 is 14.8 Å². The fraction of sp³-hybridized carbons (Fsp3) is 0.367. The molecule has 35 heavy (non-hydrogen) atoms. The highest BCUT2D eigenvalue weighted by Crippen LogP contribution is 2.30. The highest BCUT2D eigenvalue weighted by atomic mass is 16.5. The molecule has 0 spiro atoms. The lowest BCUT2D eigenvalue weighted by molar-refractivity contribution is 0.309. The molecule has 0 atom stereocenters. The molecule has 0 amide bonds. The van der Waals surface area contributed by atoms with Crippen LogP contribution in [-0.2, 0) is 6.54 Å². The van der Waals surface area contributed by atoms with Crippen LogP contribution in [-0.4, -0.2) is 29.2 Å². The van der Waals surface area contributed by atoms with Gasteiger partial charge in [0.05, 0.1) is 17.6 Å². The Hall–Kier alpha value is -3.31. The van der Waals surface area contributed by atoms with Gasteiger partial charge >= 0.3 is 0 Å². The van der Waals surface area contributed by atoms with Gasteiger partial charge in [0, 0.05) is 18.2 Å². The number of nitrogens with one attached hydrogen (secondary N) is 1. The lowest BCUT2D eigenvalue weighted by atomic mass is 10.2. The molecule has 0 aliphatic heterocycles. The van der Waals surface area contributed by atoms with Gasteiger partial charge in [-0.25, -0.2) is 4.98 Å². The van der Waals surface area contributed by atoms with Gasteiger partial charge in [-0.05, 0) is 74.5 Å². The highest BCUT2D eigenvalue weighted by Gasteiger charge is 2.14. The third kappa shape index (κ3) is 7.33. The summed E-state index contributed by atoms with van der Waals surface area (Å²) in [4.78, 5) is 4.97. The molecule has 4 rings (SSSR count). The van der Waals surface area contributed by atoms with Crippen LogP contribution in [0, 0.1) is 0 Å². The Labute approximate surface area is 210 Å². The number of para-hydroxylation sites is 1. The maximum absolute atomic E-state index is 6.01. The average molecular weight is 474 g/mol. The number of rotatable bonds is 12. The molecule has 1 heterocycles. The first-order valence-electron chi connectivity index (χ1n) is 13.0. The Bertz CT molecular complexity index is 1140. The molecule has 1 aromatic heterocycles. The van der Waals surface area contributed by atoms with E-state index in [2.05, 4.69) is 48.0 Å². The Morgan fingerprint density at radius 2 is 1.54 bits per heavy atom. The number of benzene rings is 3. The van der Waals surface area contributed by atoms with Crippen molar-refractivity contribution < 1.29 is 9.47 Å². The van der Waals surface area contributed by atoms with E-state index in [1.807, 2.05) is 62.4 Å². The second-order valence-corrected chi connectivity index (χ2v) is 8.09. The smallest absolute Gasteiger partial charge is 0.141 e. The molecular weight excluding hydrogens is 434 g/mol. The van der Waals surface area contributed by atoms with E-state index in [1.165, 1.54) is 0 Å². The normalized spacial score (nSPS) is 10.6. The van der Waals surface area contributed by atoms with Gasteiger partial charge < -0.3 is 19.4 Å². The first-order chi connectivity index (χ1) is 17.3. The zero-order valence-electron chi connectivity index (χ0n) is 21.6. The van der Waals surface area contributed by atoms with E-state index < -0.39 is 0 Å². The minimum absolute atomic E-state index is 0.706. The minimum Gasteiger partial charge on any atom is -0.493 e. The monoisotopic (exact) mass is 473 g/mol. The molecule has 0 bridgehead atoms. The van der Waals surface area contributed by atoms with Crippen molar-refractivity contribution in [3.63, 3.8) is 0 Å². The van der Waals surface area contributed by atoms with Gasteiger partial charge in [0.2, 0.25) is 0 Å². The quantitative estimate of drug-likeness (QED) is 0.214. The highest BCUT2D eigenvalue weighted by molar-refractivity contribution is 5.82. The fourth-order valence-electron chi connectivity index (χ4n) is 3.82. The summed E-state index contributed by atoms with van der Waals surface area (Å²) >= 11 is 0. The minimum atomic E-state index is 0.706. The van der Waals surface area contributed by atoms with E-state index in [-0.39, 0.29) is 0 Å². The van der Waals surface area contributed by atoms with E-state index in [0.29, 0.717) is 6.61 Å². The molecule has 0 aliphatic carbocycles. The standard InChI is InChI=1S/C28H33N3O2.C2H6/c1-3-5-19-31-27-21-25(32-20-9-18-29-4-2)16-17-26(27)30-28(31)22-12-14-24(15-13-22)33-23-10-7-6-8-11-23;1-2/h6-8,10-17,21,29H,3-5,9,18-20H2,1-2H3;1-2H3. The summed E-state index contributed by atoms with van der Waals surface area (Å²) in [6.07, 6.45) is 3.22. The van der Waals surface area contributed by atoms with Crippen molar-refractivity contribution in [1.82, 2.24) is 14.9 Å². The third-order valence-electron chi connectivity index (χ3n) is 5.56. The third-order valence-corrected chi connectivity index (χ3v) is 5.56. The van der Waals surface area contributed by atoms with Crippen LogP contribution in [0.25, 0.3) is 22.4 Å². The van der Waals surface area contributed by atoms with Gasteiger partial charge in [-0.3, -0.25) is 0 Å². The number of aryl methyl sites for hydroxylation is 1. The SMILES string of the molecule is CC.CCCCn1c(-c2ccc(Oc3ccccc3)cc2)nc2ccc(OCCCNCC)cc21. The summed E-state index contributed by atoms with van der Waals surface area (Å²) in [7, 11) is 0. The molecule has 5 heteroatoms. The summed E-state index contributed by atoms with van der Waals surface area (Å²) < 4.78 is 14.3. The lowest BCUT2D eigenvalue weighted by Crippen LogP contribution is -2.16. The number of unbranched alkanes of at least 4 members (excludes halogenated alkanes) is 1. The van der Waals surface area contributed by atoms with Crippen molar-refractivity contribution in [2.24, 2.45) is 0 Å². The maximum atomic E-state index is 6.01. The first kappa shape index (κ1) is 26.3. The molecular formula is C30H39N3O2. The van der Waals surface area contributed by atoms with Gasteiger partial charge in [-0.2, -0.15) is 0 Å². The summed E-state index contributed by atoms with van der Waals surface area (Å²) in [6, 6.07) is 24.2. The Balaban J connectivity index is 0.00000167. The molecule has 4 aromatic rings. The number of hydrogen-bond acceptors (Lipinski definition) is 4.